The molecule has 22 heavy (non-hydrogen) atoms. The fourth-order valence-electron chi connectivity index (χ4n) is 1.19. The molecule has 0 heterocycles. The van der Waals surface area contributed by atoms with Crippen molar-refractivity contribution in [2.75, 3.05) is 6.61 Å². The molecule has 1 aromatic rings. The number of benzene rings is 1. The summed E-state index contributed by atoms with van der Waals surface area (Å²) in [5.41, 5.74) is 0.220. The van der Waals surface area contributed by atoms with Crippen LogP contribution in [0.4, 0.5) is 0 Å². The van der Waals surface area contributed by atoms with Gasteiger partial charge in [-0.1, -0.05) is 30.3 Å². The van der Waals surface area contributed by atoms with Crippen LogP contribution in [0.5, 0.6) is 0 Å². The minimum Gasteiger partial charge on any atom is -0.545 e. The van der Waals surface area contributed by atoms with Crippen LogP contribution in [-0.2, 0) is 4.79 Å². The average molecular weight is 324 g/mol. The molecule has 118 valence electrons. The molecule has 0 aliphatic rings. The first kappa shape index (κ1) is 23.4. The Morgan fingerprint density at radius 2 is 1.59 bits per heavy atom. The van der Waals surface area contributed by atoms with Crippen LogP contribution < -0.4 is 34.7 Å². The maximum atomic E-state index is 10.1. The van der Waals surface area contributed by atoms with Crippen LogP contribution in [0.3, 0.4) is 0 Å². The standard InChI is InChI=1S/C7H6O2.C6H12O6.Na/c8-7(9)6-4-2-1-3-5-6;7-1-3(9)5(11)6(12)4(10)2-8;/h1-5H,(H,8,9);1,3-6,8-12H,2H2;/q;;+1/p-1/t;3-,4+,5+,6+;/m.0./s1. The molecule has 1 aromatic carbocycles. The van der Waals surface area contributed by atoms with Crippen LogP contribution >= 0.6 is 0 Å². The molecular formula is C13H17NaO8. The molecule has 0 saturated carbocycles. The van der Waals surface area contributed by atoms with E-state index in [0.717, 1.165) is 0 Å². The van der Waals surface area contributed by atoms with Crippen LogP contribution in [0.2, 0.25) is 0 Å². The zero-order chi connectivity index (χ0) is 16.4. The number of hydrogen-bond acceptors (Lipinski definition) is 8. The van der Waals surface area contributed by atoms with E-state index in [-0.39, 0.29) is 41.4 Å². The van der Waals surface area contributed by atoms with E-state index in [1.165, 1.54) is 12.1 Å². The van der Waals surface area contributed by atoms with Gasteiger partial charge >= 0.3 is 29.6 Å². The smallest absolute Gasteiger partial charge is 0.545 e. The maximum Gasteiger partial charge on any atom is 1.00 e. The third-order valence-corrected chi connectivity index (χ3v) is 2.43. The van der Waals surface area contributed by atoms with E-state index in [1.54, 1.807) is 18.2 Å². The van der Waals surface area contributed by atoms with Gasteiger partial charge in [-0.25, -0.2) is 0 Å². The van der Waals surface area contributed by atoms with Crippen molar-refractivity contribution in [3.05, 3.63) is 35.9 Å². The van der Waals surface area contributed by atoms with Gasteiger partial charge < -0.3 is 40.2 Å². The van der Waals surface area contributed by atoms with Gasteiger partial charge in [0.25, 0.3) is 0 Å². The van der Waals surface area contributed by atoms with Crippen LogP contribution in [0.1, 0.15) is 10.4 Å². The SMILES string of the molecule is O=C([O-])c1ccccc1.O=C[C@H](O)[C@@H](O)[C@H](O)[C@H](O)CO.[Na+]. The number of carbonyl (C=O) groups is 2. The predicted octanol–water partition coefficient (Wildman–Crippen LogP) is -6.32. The van der Waals surface area contributed by atoms with E-state index in [9.17, 15) is 14.7 Å². The summed E-state index contributed by atoms with van der Waals surface area (Å²) in [6.45, 7) is -0.760. The molecular weight excluding hydrogens is 307 g/mol. The van der Waals surface area contributed by atoms with E-state index >= 15 is 0 Å². The second-order valence-corrected chi connectivity index (χ2v) is 4.01. The minimum absolute atomic E-state index is 0. The van der Waals surface area contributed by atoms with Gasteiger partial charge in [0.1, 0.15) is 24.4 Å². The second kappa shape index (κ2) is 12.7. The van der Waals surface area contributed by atoms with E-state index in [0.29, 0.717) is 0 Å². The van der Waals surface area contributed by atoms with Crippen molar-refractivity contribution in [3.63, 3.8) is 0 Å². The molecule has 0 aliphatic heterocycles. The molecule has 1 rings (SSSR count). The average Bonchev–Trinajstić information content (AvgIpc) is 2.53. The Balaban J connectivity index is 0. The Morgan fingerprint density at radius 1 is 1.09 bits per heavy atom. The Kier molecular flexibility index (Phi) is 13.5. The van der Waals surface area contributed by atoms with Gasteiger partial charge in [0, 0.05) is 0 Å². The summed E-state index contributed by atoms with van der Waals surface area (Å²) in [5, 5.41) is 53.6. The van der Waals surface area contributed by atoms with Crippen molar-refractivity contribution in [1.29, 1.82) is 0 Å². The fourth-order valence-corrected chi connectivity index (χ4v) is 1.19. The van der Waals surface area contributed by atoms with Crippen molar-refractivity contribution in [2.24, 2.45) is 0 Å². The van der Waals surface area contributed by atoms with Gasteiger partial charge in [-0.3, -0.25) is 0 Å². The molecule has 9 heteroatoms. The van der Waals surface area contributed by atoms with Gasteiger partial charge in [-0.15, -0.1) is 0 Å². The molecule has 0 unspecified atom stereocenters. The van der Waals surface area contributed by atoms with Crippen molar-refractivity contribution < 1.29 is 69.8 Å². The van der Waals surface area contributed by atoms with E-state index in [2.05, 4.69) is 0 Å². The second-order valence-electron chi connectivity index (χ2n) is 4.01. The van der Waals surface area contributed by atoms with Gasteiger partial charge in [0.15, 0.2) is 6.29 Å². The summed E-state index contributed by atoms with van der Waals surface area (Å²) in [4.78, 5) is 20.0. The number of carbonyl (C=O) groups excluding carboxylic acids is 2. The molecule has 4 atom stereocenters. The molecule has 0 amide bonds. The first-order chi connectivity index (χ1) is 9.84. The topological polar surface area (TPSA) is 158 Å². The molecule has 8 nitrogen and oxygen atoms in total. The molecule has 0 spiro atoms. The fraction of sp³-hybridized carbons (Fsp3) is 0.385. The molecule has 0 aromatic heterocycles. The summed E-state index contributed by atoms with van der Waals surface area (Å²) in [6, 6.07) is 8.06. The molecule has 0 radical (unpaired) electrons. The van der Waals surface area contributed by atoms with Gasteiger partial charge in [0.05, 0.1) is 12.6 Å². The molecule has 5 N–H and O–H groups in total. The molecule has 0 fully saturated rings. The van der Waals surface area contributed by atoms with Gasteiger partial charge in [0.2, 0.25) is 0 Å². The number of carboxylic acids is 1. The maximum absolute atomic E-state index is 10.1. The normalized spacial score (nSPS) is 15.1. The number of hydrogen-bond donors (Lipinski definition) is 5. The number of aldehydes is 1. The molecule has 0 aliphatic carbocycles. The van der Waals surface area contributed by atoms with Gasteiger partial charge in [-0.05, 0) is 5.56 Å². The van der Waals surface area contributed by atoms with E-state index in [1.807, 2.05) is 0 Å². The summed E-state index contributed by atoms with van der Waals surface area (Å²) < 4.78 is 0. The van der Waals surface area contributed by atoms with Crippen LogP contribution in [0.15, 0.2) is 30.3 Å². The summed E-state index contributed by atoms with van der Waals surface area (Å²) in [6.07, 6.45) is -6.84. The number of carboxylic acid groups (broad SMARTS) is 1. The quantitative estimate of drug-likeness (QED) is 0.255. The van der Waals surface area contributed by atoms with Gasteiger partial charge in [-0.2, -0.15) is 0 Å². The molecule has 0 saturated heterocycles. The number of aliphatic hydroxyl groups excluding tert-OH is 5. The molecule has 0 bridgehead atoms. The third-order valence-electron chi connectivity index (χ3n) is 2.43. The number of aromatic carboxylic acids is 1. The first-order valence-corrected chi connectivity index (χ1v) is 5.90. The van der Waals surface area contributed by atoms with E-state index < -0.39 is 37.0 Å². The van der Waals surface area contributed by atoms with Crippen LogP contribution in [0, 0.1) is 0 Å². The Bertz CT molecular complexity index is 427. The zero-order valence-electron chi connectivity index (χ0n) is 11.9. The third kappa shape index (κ3) is 8.57. The number of aliphatic hydroxyl groups is 5. The Hall–Kier alpha value is -0.840. The summed E-state index contributed by atoms with van der Waals surface area (Å²) in [7, 11) is 0. The Labute approximate surface area is 148 Å². The van der Waals surface area contributed by atoms with Crippen molar-refractivity contribution >= 4 is 12.3 Å². The van der Waals surface area contributed by atoms with Crippen LogP contribution in [0.25, 0.3) is 0 Å². The van der Waals surface area contributed by atoms with Crippen molar-refractivity contribution in [3.8, 4) is 0 Å². The van der Waals surface area contributed by atoms with Crippen molar-refractivity contribution in [2.45, 2.75) is 24.4 Å². The summed E-state index contributed by atoms with van der Waals surface area (Å²) >= 11 is 0. The Morgan fingerprint density at radius 3 is 1.91 bits per heavy atom. The largest absolute Gasteiger partial charge is 1.00 e. The predicted molar refractivity (Wildman–Crippen MR) is 67.9 cm³/mol. The van der Waals surface area contributed by atoms with Crippen molar-refractivity contribution in [1.82, 2.24) is 0 Å². The van der Waals surface area contributed by atoms with Crippen LogP contribution in [-0.4, -0.2) is 68.8 Å². The van der Waals surface area contributed by atoms with E-state index in [4.69, 9.17) is 25.5 Å². The monoisotopic (exact) mass is 324 g/mol. The number of rotatable bonds is 6. The first-order valence-electron chi connectivity index (χ1n) is 5.90. The minimum atomic E-state index is -1.79. The summed E-state index contributed by atoms with van der Waals surface area (Å²) in [5.74, 6) is -1.13. The zero-order valence-corrected chi connectivity index (χ0v) is 13.9.